The van der Waals surface area contributed by atoms with Crippen molar-refractivity contribution >= 4 is 38.4 Å². The highest BCUT2D eigenvalue weighted by Crippen LogP contribution is 2.28. The van der Waals surface area contributed by atoms with E-state index in [4.69, 9.17) is 5.73 Å². The van der Waals surface area contributed by atoms with Gasteiger partial charge in [0.1, 0.15) is 10.3 Å². The number of nitrogens with two attached hydrogens (primary N) is 1. The van der Waals surface area contributed by atoms with Gasteiger partial charge in [0.15, 0.2) is 0 Å². The lowest BCUT2D eigenvalue weighted by Gasteiger charge is -2.05. The molecule has 0 aliphatic carbocycles. The lowest BCUT2D eigenvalue weighted by molar-refractivity contribution is 0.0958. The smallest absolute Gasteiger partial charge is 0.282 e. The first kappa shape index (κ1) is 12.8. The van der Waals surface area contributed by atoms with Crippen LogP contribution in [0.15, 0.2) is 41.3 Å². The van der Waals surface area contributed by atoms with E-state index in [1.165, 1.54) is 12.4 Å². The normalized spacial score (nSPS) is 10.9. The molecule has 0 aliphatic rings. The number of carbonyl (C=O) groups is 1. The molecule has 3 aromatic rings. The van der Waals surface area contributed by atoms with Crippen molar-refractivity contribution in [2.24, 2.45) is 0 Å². The summed E-state index contributed by atoms with van der Waals surface area (Å²) in [5, 5.41) is 0.864. The molecule has 0 unspecified atom stereocenters. The summed E-state index contributed by atoms with van der Waals surface area (Å²) in [6.45, 7) is 1.82. The van der Waals surface area contributed by atoms with Crippen molar-refractivity contribution in [3.05, 3.63) is 52.7 Å². The number of rotatable bonds is 1. The summed E-state index contributed by atoms with van der Waals surface area (Å²) in [6, 6.07) is 7.53. The molecule has 3 rings (SSSR count). The van der Waals surface area contributed by atoms with Gasteiger partial charge in [-0.2, -0.15) is 0 Å². The van der Waals surface area contributed by atoms with Gasteiger partial charge in [-0.1, -0.05) is 18.2 Å². The summed E-state index contributed by atoms with van der Waals surface area (Å²) in [6.07, 6.45) is 2.94. The molecule has 0 saturated heterocycles. The Morgan fingerprint density at radius 3 is 2.70 bits per heavy atom. The average molecular weight is 331 g/mol. The minimum absolute atomic E-state index is 0.240. The van der Waals surface area contributed by atoms with Gasteiger partial charge in [-0.3, -0.25) is 9.36 Å². The predicted molar refractivity (Wildman–Crippen MR) is 80.5 cm³/mol. The Bertz CT molecular complexity index is 808. The summed E-state index contributed by atoms with van der Waals surface area (Å²) < 4.78 is 2.16. The molecule has 1 aromatic carbocycles. The lowest BCUT2D eigenvalue weighted by atomic mass is 10.2. The van der Waals surface area contributed by atoms with Crippen molar-refractivity contribution in [3.8, 4) is 0 Å². The van der Waals surface area contributed by atoms with E-state index < -0.39 is 0 Å². The quantitative estimate of drug-likeness (QED) is 0.744. The monoisotopic (exact) mass is 330 g/mol. The molecule has 0 bridgehead atoms. The van der Waals surface area contributed by atoms with Crippen LogP contribution in [0.5, 0.6) is 0 Å². The van der Waals surface area contributed by atoms with Crippen LogP contribution < -0.4 is 5.73 Å². The van der Waals surface area contributed by atoms with Gasteiger partial charge < -0.3 is 5.73 Å². The van der Waals surface area contributed by atoms with Crippen LogP contribution in [0.4, 0.5) is 5.69 Å². The fraction of sp³-hybridized carbons (Fsp3) is 0.0714. The van der Waals surface area contributed by atoms with Crippen LogP contribution in [0, 0.1) is 6.92 Å². The van der Waals surface area contributed by atoms with E-state index in [9.17, 15) is 4.79 Å². The third kappa shape index (κ3) is 1.89. The zero-order valence-corrected chi connectivity index (χ0v) is 12.3. The molecule has 6 heteroatoms. The first-order valence-corrected chi connectivity index (χ1v) is 6.76. The minimum atomic E-state index is -0.240. The Hall–Kier alpha value is -2.21. The molecule has 20 heavy (non-hydrogen) atoms. The number of benzene rings is 1. The van der Waals surface area contributed by atoms with Crippen molar-refractivity contribution < 1.29 is 4.79 Å². The zero-order chi connectivity index (χ0) is 14.3. The molecule has 0 atom stereocenters. The second-order valence-electron chi connectivity index (χ2n) is 4.38. The van der Waals surface area contributed by atoms with Crippen LogP contribution in [0.1, 0.15) is 16.2 Å². The number of carbonyl (C=O) groups excluding carboxylic acids is 1. The van der Waals surface area contributed by atoms with E-state index in [2.05, 4.69) is 25.9 Å². The van der Waals surface area contributed by atoms with Crippen LogP contribution in [0.3, 0.4) is 0 Å². The van der Waals surface area contributed by atoms with Crippen molar-refractivity contribution in [1.29, 1.82) is 0 Å². The van der Waals surface area contributed by atoms with Crippen LogP contribution >= 0.6 is 15.9 Å². The maximum atomic E-state index is 12.6. The van der Waals surface area contributed by atoms with Crippen LogP contribution in [0.2, 0.25) is 0 Å². The number of nitrogen functional groups attached to an aromatic ring is 1. The number of anilines is 1. The van der Waals surface area contributed by atoms with Crippen molar-refractivity contribution in [2.45, 2.75) is 6.92 Å². The summed E-state index contributed by atoms with van der Waals surface area (Å²) in [5.74, 6) is -0.240. The molecule has 0 fully saturated rings. The van der Waals surface area contributed by atoms with Crippen LogP contribution in [-0.4, -0.2) is 20.4 Å². The number of halogens is 1. The van der Waals surface area contributed by atoms with Gasteiger partial charge in [0.05, 0.1) is 23.6 Å². The molecular weight excluding hydrogens is 320 g/mol. The Kier molecular flexibility index (Phi) is 3.02. The molecule has 2 N–H and O–H groups in total. The second kappa shape index (κ2) is 4.72. The molecule has 0 spiro atoms. The van der Waals surface area contributed by atoms with Gasteiger partial charge in [-0.25, -0.2) is 9.97 Å². The highest BCUT2D eigenvalue weighted by molar-refractivity contribution is 9.10. The predicted octanol–water partition coefficient (Wildman–Crippen LogP) is 2.77. The molecule has 100 valence electrons. The van der Waals surface area contributed by atoms with Gasteiger partial charge in [-0.15, -0.1) is 0 Å². The maximum Gasteiger partial charge on any atom is 0.282 e. The van der Waals surface area contributed by atoms with E-state index >= 15 is 0 Å². The van der Waals surface area contributed by atoms with Gasteiger partial charge in [-0.05, 0) is 28.9 Å². The minimum Gasteiger partial charge on any atom is -0.397 e. The Morgan fingerprint density at radius 2 is 2.00 bits per heavy atom. The zero-order valence-electron chi connectivity index (χ0n) is 10.7. The molecule has 0 saturated carbocycles. The number of aromatic nitrogens is 3. The van der Waals surface area contributed by atoms with E-state index in [0.29, 0.717) is 16.0 Å². The number of hydrogen-bond donors (Lipinski definition) is 1. The van der Waals surface area contributed by atoms with E-state index in [-0.39, 0.29) is 11.6 Å². The topological polar surface area (TPSA) is 73.8 Å². The van der Waals surface area contributed by atoms with Crippen molar-refractivity contribution in [2.75, 3.05) is 5.73 Å². The largest absolute Gasteiger partial charge is 0.397 e. The Morgan fingerprint density at radius 1 is 1.25 bits per heavy atom. The van der Waals surface area contributed by atoms with E-state index in [1.54, 1.807) is 4.57 Å². The fourth-order valence-electron chi connectivity index (χ4n) is 2.19. The highest BCUT2D eigenvalue weighted by Gasteiger charge is 2.19. The maximum absolute atomic E-state index is 12.6. The number of fused-ring (bicyclic) bond motifs is 1. The standard InChI is InChI=1S/C14H11BrN4O/c1-8-13(16)9-4-2-3-5-11(9)19(8)14(20)10-6-18-12(15)7-17-10/h2-7H,16H2,1H3. The van der Waals surface area contributed by atoms with Crippen molar-refractivity contribution in [1.82, 2.24) is 14.5 Å². The van der Waals surface area contributed by atoms with Gasteiger partial charge >= 0.3 is 0 Å². The molecule has 0 radical (unpaired) electrons. The number of hydrogen-bond acceptors (Lipinski definition) is 4. The molecule has 0 aliphatic heterocycles. The van der Waals surface area contributed by atoms with Crippen molar-refractivity contribution in [3.63, 3.8) is 0 Å². The molecule has 2 aromatic heterocycles. The number of nitrogens with zero attached hydrogens (tertiary/aromatic N) is 3. The first-order chi connectivity index (χ1) is 9.59. The van der Waals surface area contributed by atoms with Crippen LogP contribution in [-0.2, 0) is 0 Å². The summed E-state index contributed by atoms with van der Waals surface area (Å²) in [4.78, 5) is 20.7. The highest BCUT2D eigenvalue weighted by atomic mass is 79.9. The fourth-order valence-corrected chi connectivity index (χ4v) is 2.40. The van der Waals surface area contributed by atoms with E-state index in [1.807, 2.05) is 31.2 Å². The first-order valence-electron chi connectivity index (χ1n) is 5.97. The number of para-hydroxylation sites is 1. The third-order valence-corrected chi connectivity index (χ3v) is 3.61. The Balaban J connectivity index is 2.22. The van der Waals surface area contributed by atoms with Gasteiger partial charge in [0.2, 0.25) is 0 Å². The van der Waals surface area contributed by atoms with Gasteiger partial charge in [0, 0.05) is 11.1 Å². The second-order valence-corrected chi connectivity index (χ2v) is 5.19. The van der Waals surface area contributed by atoms with Crippen LogP contribution in [0.25, 0.3) is 10.9 Å². The molecular formula is C14H11BrN4O. The molecule has 0 amide bonds. The summed E-state index contributed by atoms with van der Waals surface area (Å²) >= 11 is 3.20. The molecule has 5 nitrogen and oxygen atoms in total. The van der Waals surface area contributed by atoms with Gasteiger partial charge in [0.25, 0.3) is 5.91 Å². The molecule has 2 heterocycles. The SMILES string of the molecule is Cc1c(N)c2ccccc2n1C(=O)c1cnc(Br)cn1. The summed E-state index contributed by atoms with van der Waals surface area (Å²) in [5.41, 5.74) is 8.43. The summed E-state index contributed by atoms with van der Waals surface area (Å²) in [7, 11) is 0. The average Bonchev–Trinajstić information content (AvgIpc) is 2.72. The van der Waals surface area contributed by atoms with E-state index in [0.717, 1.165) is 10.9 Å². The lowest BCUT2D eigenvalue weighted by Crippen LogP contribution is -2.15. The third-order valence-electron chi connectivity index (χ3n) is 3.20. The Labute approximate surface area is 123 Å².